The van der Waals surface area contributed by atoms with Crippen molar-refractivity contribution in [3.8, 4) is 28.1 Å². The van der Waals surface area contributed by atoms with Crippen LogP contribution in [0.4, 0.5) is 0 Å². The molecule has 21 heavy (non-hydrogen) atoms. The van der Waals surface area contributed by atoms with E-state index in [4.69, 9.17) is 4.74 Å². The predicted octanol–water partition coefficient (Wildman–Crippen LogP) is 4.95. The molecule has 0 amide bonds. The highest BCUT2D eigenvalue weighted by Crippen LogP contribution is 2.36. The zero-order chi connectivity index (χ0) is 14.2. The largest absolute Gasteiger partial charge is 0.497 e. The van der Waals surface area contributed by atoms with Gasteiger partial charge in [-0.15, -0.1) is 0 Å². The fraction of sp³-hybridized carbons (Fsp3) is 0.0526. The number of ether oxygens (including phenoxy) is 1. The number of H-pyrrole nitrogens is 1. The fourth-order valence-electron chi connectivity index (χ4n) is 2.82. The van der Waals surface area contributed by atoms with Crippen LogP contribution in [0.1, 0.15) is 0 Å². The van der Waals surface area contributed by atoms with Crippen molar-refractivity contribution in [1.29, 1.82) is 0 Å². The van der Waals surface area contributed by atoms with Gasteiger partial charge < -0.3 is 9.72 Å². The Kier molecular flexibility index (Phi) is 2.68. The van der Waals surface area contributed by atoms with Crippen LogP contribution in [0.3, 0.4) is 0 Å². The summed E-state index contributed by atoms with van der Waals surface area (Å²) in [6.07, 6.45) is 0. The van der Waals surface area contributed by atoms with Crippen molar-refractivity contribution < 1.29 is 4.74 Å². The number of fused-ring (bicyclic) bond motifs is 2. The average Bonchev–Trinajstić information content (AvgIpc) is 3.05. The summed E-state index contributed by atoms with van der Waals surface area (Å²) in [5, 5.41) is 1.24. The highest BCUT2D eigenvalue weighted by atomic mass is 16.5. The molecule has 2 aromatic rings. The van der Waals surface area contributed by atoms with Crippen molar-refractivity contribution >= 4 is 10.9 Å². The first-order valence-electron chi connectivity index (χ1n) is 7.00. The molecule has 1 N–H and O–H groups in total. The lowest BCUT2D eigenvalue weighted by molar-refractivity contribution is 0.415. The van der Waals surface area contributed by atoms with Gasteiger partial charge >= 0.3 is 0 Å². The maximum atomic E-state index is 5.30. The second kappa shape index (κ2) is 4.67. The Hall–Kier alpha value is -2.74. The lowest BCUT2D eigenvalue weighted by Gasteiger charge is -1.98. The van der Waals surface area contributed by atoms with Crippen LogP contribution in [0.25, 0.3) is 33.3 Å². The van der Waals surface area contributed by atoms with E-state index < -0.39 is 0 Å². The molecule has 2 aliphatic carbocycles. The Labute approximate surface area is 123 Å². The topological polar surface area (TPSA) is 25.0 Å². The standard InChI is InChI=1S/C19H15NO/c1-21-15-8-6-13-7-10-17(16(13)11-9-15)19-12-14-4-2-3-5-18(14)20-19/h2-12,20H,1H3. The molecule has 2 aliphatic rings. The minimum atomic E-state index is 0.869. The van der Waals surface area contributed by atoms with E-state index in [0.717, 1.165) is 11.4 Å². The molecule has 2 heteroatoms. The summed E-state index contributed by atoms with van der Waals surface area (Å²) >= 11 is 0. The number of methoxy groups -OCH3 is 1. The molecule has 0 atom stereocenters. The molecule has 0 aliphatic heterocycles. The van der Waals surface area contributed by atoms with Crippen molar-refractivity contribution in [2.24, 2.45) is 0 Å². The van der Waals surface area contributed by atoms with E-state index in [-0.39, 0.29) is 0 Å². The summed E-state index contributed by atoms with van der Waals surface area (Å²) in [7, 11) is 1.69. The van der Waals surface area contributed by atoms with E-state index in [0.29, 0.717) is 0 Å². The second-order valence-corrected chi connectivity index (χ2v) is 5.16. The number of benzene rings is 1. The molecule has 4 rings (SSSR count). The zero-order valence-electron chi connectivity index (χ0n) is 11.8. The van der Waals surface area contributed by atoms with Crippen LogP contribution in [0, 0.1) is 0 Å². The number of rotatable bonds is 2. The highest BCUT2D eigenvalue weighted by molar-refractivity contribution is 5.91. The minimum Gasteiger partial charge on any atom is -0.497 e. The van der Waals surface area contributed by atoms with Gasteiger partial charge in [0.1, 0.15) is 5.75 Å². The number of hydrogen-bond acceptors (Lipinski definition) is 1. The van der Waals surface area contributed by atoms with E-state index in [1.165, 1.54) is 27.6 Å². The van der Waals surface area contributed by atoms with Crippen LogP contribution in [0.15, 0.2) is 66.7 Å². The van der Waals surface area contributed by atoms with Gasteiger partial charge in [-0.1, -0.05) is 42.5 Å². The van der Waals surface area contributed by atoms with Gasteiger partial charge in [0.2, 0.25) is 0 Å². The molecule has 1 aromatic carbocycles. The van der Waals surface area contributed by atoms with Gasteiger partial charge in [-0.3, -0.25) is 0 Å². The van der Waals surface area contributed by atoms with Crippen LogP contribution < -0.4 is 4.74 Å². The van der Waals surface area contributed by atoms with Crippen molar-refractivity contribution in [3.05, 3.63) is 66.7 Å². The van der Waals surface area contributed by atoms with Crippen molar-refractivity contribution in [3.63, 3.8) is 0 Å². The lowest BCUT2D eigenvalue weighted by atomic mass is 10.1. The number of aromatic nitrogens is 1. The highest BCUT2D eigenvalue weighted by Gasteiger charge is 2.12. The van der Waals surface area contributed by atoms with E-state index >= 15 is 0 Å². The van der Waals surface area contributed by atoms with Gasteiger partial charge in [-0.25, -0.2) is 0 Å². The maximum Gasteiger partial charge on any atom is 0.118 e. The first-order valence-corrected chi connectivity index (χ1v) is 7.00. The molecule has 102 valence electrons. The van der Waals surface area contributed by atoms with E-state index in [9.17, 15) is 0 Å². The number of nitrogens with one attached hydrogen (secondary N) is 1. The number of hydrogen-bond donors (Lipinski definition) is 1. The quantitative estimate of drug-likeness (QED) is 0.549. The summed E-state index contributed by atoms with van der Waals surface area (Å²) in [5.41, 5.74) is 5.98. The van der Waals surface area contributed by atoms with Crippen LogP contribution >= 0.6 is 0 Å². The molecule has 2 nitrogen and oxygen atoms in total. The summed E-state index contributed by atoms with van der Waals surface area (Å²) < 4.78 is 5.30. The molecule has 0 spiro atoms. The first kappa shape index (κ1) is 12.0. The van der Waals surface area contributed by atoms with E-state index in [1.807, 2.05) is 12.1 Å². The fourth-order valence-corrected chi connectivity index (χ4v) is 2.82. The number of para-hydroxylation sites is 1. The smallest absolute Gasteiger partial charge is 0.118 e. The SMILES string of the molecule is COc1ccc2ccc(-c3cc4ccccc4[nH]3)c-2cc1. The first-order chi connectivity index (χ1) is 10.3. The van der Waals surface area contributed by atoms with Gasteiger partial charge in [0.15, 0.2) is 0 Å². The van der Waals surface area contributed by atoms with Crippen molar-refractivity contribution in [1.82, 2.24) is 4.98 Å². The minimum absolute atomic E-state index is 0.869. The predicted molar refractivity (Wildman–Crippen MR) is 86.9 cm³/mol. The Bertz CT molecular complexity index is 858. The van der Waals surface area contributed by atoms with Gasteiger partial charge in [0.25, 0.3) is 0 Å². The molecule has 0 unspecified atom stereocenters. The van der Waals surface area contributed by atoms with Crippen LogP contribution in [0.2, 0.25) is 0 Å². The van der Waals surface area contributed by atoms with E-state index in [1.54, 1.807) is 7.11 Å². The Morgan fingerprint density at radius 3 is 2.43 bits per heavy atom. The molecule has 0 bridgehead atoms. The van der Waals surface area contributed by atoms with Crippen LogP contribution in [-0.2, 0) is 0 Å². The maximum absolute atomic E-state index is 5.30. The number of aromatic amines is 1. The summed E-state index contributed by atoms with van der Waals surface area (Å²) in [6, 6.07) is 23.1. The molecular weight excluding hydrogens is 258 g/mol. The van der Waals surface area contributed by atoms with Crippen molar-refractivity contribution in [2.45, 2.75) is 0 Å². The molecular formula is C19H15NO. The van der Waals surface area contributed by atoms with Crippen molar-refractivity contribution in [2.75, 3.05) is 7.11 Å². The van der Waals surface area contributed by atoms with Crippen LogP contribution in [-0.4, -0.2) is 12.1 Å². The summed E-state index contributed by atoms with van der Waals surface area (Å²) in [4.78, 5) is 3.50. The third-order valence-electron chi connectivity index (χ3n) is 3.93. The molecule has 0 saturated heterocycles. The van der Waals surface area contributed by atoms with Gasteiger partial charge in [0, 0.05) is 22.2 Å². The zero-order valence-corrected chi connectivity index (χ0v) is 11.8. The monoisotopic (exact) mass is 273 g/mol. The normalized spacial score (nSPS) is 11.1. The molecule has 1 heterocycles. The van der Waals surface area contributed by atoms with Gasteiger partial charge in [0.05, 0.1) is 7.11 Å². The summed E-state index contributed by atoms with van der Waals surface area (Å²) in [5.74, 6) is 0.869. The lowest BCUT2D eigenvalue weighted by Crippen LogP contribution is -1.77. The Balaban J connectivity index is 1.91. The van der Waals surface area contributed by atoms with E-state index in [2.05, 4.69) is 59.6 Å². The second-order valence-electron chi connectivity index (χ2n) is 5.16. The molecule has 0 radical (unpaired) electrons. The Morgan fingerprint density at radius 1 is 0.810 bits per heavy atom. The third-order valence-corrected chi connectivity index (χ3v) is 3.93. The molecule has 1 aromatic heterocycles. The summed E-state index contributed by atoms with van der Waals surface area (Å²) in [6.45, 7) is 0. The van der Waals surface area contributed by atoms with Crippen LogP contribution in [0.5, 0.6) is 5.75 Å². The average molecular weight is 273 g/mol. The van der Waals surface area contributed by atoms with Gasteiger partial charge in [-0.05, 0) is 35.4 Å². The molecule has 0 fully saturated rings. The third kappa shape index (κ3) is 1.96. The molecule has 0 saturated carbocycles. The van der Waals surface area contributed by atoms with Gasteiger partial charge in [-0.2, -0.15) is 0 Å². The Morgan fingerprint density at radius 2 is 1.57 bits per heavy atom.